The highest BCUT2D eigenvalue weighted by Gasteiger charge is 2.29. The zero-order chi connectivity index (χ0) is 15.5. The number of ether oxygens (including phenoxy) is 1. The lowest BCUT2D eigenvalue weighted by atomic mass is 10.2. The molecule has 0 aliphatic carbocycles. The number of aromatic nitrogens is 2. The lowest BCUT2D eigenvalue weighted by Gasteiger charge is -2.32. The molecular weight excluding hydrogens is 291 g/mol. The van der Waals surface area contributed by atoms with Crippen LogP contribution in [0.5, 0.6) is 0 Å². The molecule has 1 atom stereocenters. The smallest absolute Gasteiger partial charge is 0.247 e. The van der Waals surface area contributed by atoms with Gasteiger partial charge in [0.2, 0.25) is 17.7 Å². The van der Waals surface area contributed by atoms with Gasteiger partial charge < -0.3 is 14.9 Å². The topological polar surface area (TPSA) is 94.5 Å². The number of carbonyl (C=O) groups excluding carboxylic acids is 1. The number of hydrogen-bond acceptors (Lipinski definition) is 6. The molecular formula is C14H15FN4O3. The number of halogens is 1. The van der Waals surface area contributed by atoms with Crippen molar-refractivity contribution in [3.05, 3.63) is 36.0 Å². The first-order valence-electron chi connectivity index (χ1n) is 6.83. The molecule has 22 heavy (non-hydrogen) atoms. The Morgan fingerprint density at radius 3 is 2.86 bits per heavy atom. The van der Waals surface area contributed by atoms with Crippen molar-refractivity contribution in [3.8, 4) is 11.5 Å². The Labute approximate surface area is 125 Å². The highest BCUT2D eigenvalue weighted by atomic mass is 19.1. The molecule has 7 nitrogen and oxygen atoms in total. The maximum absolute atomic E-state index is 12.9. The number of carbonyl (C=O) groups is 1. The standard InChI is InChI=1S/C14H15FN4O3/c15-10-3-1-9(2-4-10)14-18-17-12(22-14)7-19-5-6-21-8-11(19)13(16)20/h1-4,11H,5-8H2,(H2,16,20)/t11-/m1/s1. The summed E-state index contributed by atoms with van der Waals surface area (Å²) in [5, 5.41) is 7.90. The number of nitrogens with two attached hydrogens (primary N) is 1. The van der Waals surface area contributed by atoms with Gasteiger partial charge in [0.1, 0.15) is 11.9 Å². The molecule has 0 spiro atoms. The van der Waals surface area contributed by atoms with E-state index in [2.05, 4.69) is 10.2 Å². The van der Waals surface area contributed by atoms with Crippen LogP contribution >= 0.6 is 0 Å². The third kappa shape index (κ3) is 3.12. The lowest BCUT2D eigenvalue weighted by molar-refractivity contribution is -0.129. The van der Waals surface area contributed by atoms with Crippen molar-refractivity contribution in [3.63, 3.8) is 0 Å². The average molecular weight is 306 g/mol. The van der Waals surface area contributed by atoms with Crippen LogP contribution in [0.3, 0.4) is 0 Å². The first-order chi connectivity index (χ1) is 10.6. The van der Waals surface area contributed by atoms with Crippen LogP contribution in [-0.2, 0) is 16.1 Å². The van der Waals surface area contributed by atoms with Crippen molar-refractivity contribution in [2.75, 3.05) is 19.8 Å². The van der Waals surface area contributed by atoms with Crippen LogP contribution in [0.4, 0.5) is 4.39 Å². The summed E-state index contributed by atoms with van der Waals surface area (Å²) in [6.07, 6.45) is 0. The second-order valence-electron chi connectivity index (χ2n) is 4.97. The molecule has 1 aliphatic rings. The fraction of sp³-hybridized carbons (Fsp3) is 0.357. The molecule has 0 saturated carbocycles. The fourth-order valence-corrected chi connectivity index (χ4v) is 2.29. The molecule has 8 heteroatoms. The molecule has 1 aromatic heterocycles. The van der Waals surface area contributed by atoms with Crippen LogP contribution < -0.4 is 5.73 Å². The molecule has 0 unspecified atom stereocenters. The van der Waals surface area contributed by atoms with Crippen molar-refractivity contribution < 1.29 is 18.3 Å². The van der Waals surface area contributed by atoms with E-state index in [1.54, 1.807) is 12.1 Å². The SMILES string of the molecule is NC(=O)[C@H]1COCCN1Cc1nnc(-c2ccc(F)cc2)o1. The summed E-state index contributed by atoms with van der Waals surface area (Å²) in [7, 11) is 0. The molecule has 1 saturated heterocycles. The number of hydrogen-bond donors (Lipinski definition) is 1. The van der Waals surface area contributed by atoms with Gasteiger partial charge in [0.05, 0.1) is 19.8 Å². The summed E-state index contributed by atoms with van der Waals surface area (Å²) in [5.74, 6) is -0.106. The first kappa shape index (κ1) is 14.6. The number of rotatable bonds is 4. The summed E-state index contributed by atoms with van der Waals surface area (Å²) >= 11 is 0. The quantitative estimate of drug-likeness (QED) is 0.887. The molecule has 1 aromatic carbocycles. The van der Waals surface area contributed by atoms with Gasteiger partial charge in [-0.1, -0.05) is 0 Å². The van der Waals surface area contributed by atoms with E-state index in [1.165, 1.54) is 12.1 Å². The van der Waals surface area contributed by atoms with Crippen molar-refractivity contribution >= 4 is 5.91 Å². The first-order valence-corrected chi connectivity index (χ1v) is 6.83. The van der Waals surface area contributed by atoms with E-state index >= 15 is 0 Å². The maximum atomic E-state index is 12.9. The summed E-state index contributed by atoms with van der Waals surface area (Å²) in [5.41, 5.74) is 5.99. The Kier molecular flexibility index (Phi) is 4.12. The Bertz CT molecular complexity index is 658. The number of benzene rings is 1. The summed E-state index contributed by atoms with van der Waals surface area (Å²) in [6.45, 7) is 1.64. The highest BCUT2D eigenvalue weighted by molar-refractivity contribution is 5.80. The van der Waals surface area contributed by atoms with Gasteiger partial charge in [-0.25, -0.2) is 4.39 Å². The van der Waals surface area contributed by atoms with Gasteiger partial charge in [0.25, 0.3) is 0 Å². The molecule has 0 bridgehead atoms. The van der Waals surface area contributed by atoms with E-state index in [0.29, 0.717) is 37.0 Å². The molecule has 1 aliphatic heterocycles. The minimum atomic E-state index is -0.505. The van der Waals surface area contributed by atoms with E-state index < -0.39 is 11.9 Å². The van der Waals surface area contributed by atoms with Gasteiger partial charge in [-0.3, -0.25) is 9.69 Å². The second-order valence-corrected chi connectivity index (χ2v) is 4.97. The third-order valence-corrected chi connectivity index (χ3v) is 3.46. The highest BCUT2D eigenvalue weighted by Crippen LogP contribution is 2.19. The Morgan fingerprint density at radius 2 is 2.14 bits per heavy atom. The predicted octanol–water partition coefficient (Wildman–Crippen LogP) is 0.562. The van der Waals surface area contributed by atoms with Gasteiger partial charge in [0.15, 0.2) is 0 Å². The third-order valence-electron chi connectivity index (χ3n) is 3.46. The molecule has 116 valence electrons. The monoisotopic (exact) mass is 306 g/mol. The van der Waals surface area contributed by atoms with Crippen LogP contribution in [0.2, 0.25) is 0 Å². The van der Waals surface area contributed by atoms with Crippen LogP contribution in [0, 0.1) is 5.82 Å². The van der Waals surface area contributed by atoms with Crippen LogP contribution in [0.25, 0.3) is 11.5 Å². The zero-order valence-electron chi connectivity index (χ0n) is 11.7. The number of primary amides is 1. The number of nitrogens with zero attached hydrogens (tertiary/aromatic N) is 3. The van der Waals surface area contributed by atoms with Crippen molar-refractivity contribution in [1.82, 2.24) is 15.1 Å². The Balaban J connectivity index is 1.73. The number of morpholine rings is 1. The van der Waals surface area contributed by atoms with Gasteiger partial charge in [-0.05, 0) is 24.3 Å². The molecule has 2 N–H and O–H groups in total. The number of amides is 1. The normalized spacial score (nSPS) is 19.2. The minimum absolute atomic E-state index is 0.258. The largest absolute Gasteiger partial charge is 0.419 e. The molecule has 0 radical (unpaired) electrons. The molecule has 1 amide bonds. The van der Waals surface area contributed by atoms with Crippen LogP contribution in [0.15, 0.2) is 28.7 Å². The fourth-order valence-electron chi connectivity index (χ4n) is 2.29. The summed E-state index contributed by atoms with van der Waals surface area (Å²) in [4.78, 5) is 13.3. The zero-order valence-corrected chi connectivity index (χ0v) is 11.7. The van der Waals surface area contributed by atoms with E-state index in [4.69, 9.17) is 14.9 Å². The molecule has 1 fully saturated rings. The summed E-state index contributed by atoms with van der Waals surface area (Å²) < 4.78 is 23.7. The van der Waals surface area contributed by atoms with Crippen molar-refractivity contribution in [1.29, 1.82) is 0 Å². The van der Waals surface area contributed by atoms with E-state index in [1.807, 2.05) is 4.90 Å². The van der Waals surface area contributed by atoms with Gasteiger partial charge in [-0.15, -0.1) is 10.2 Å². The Morgan fingerprint density at radius 1 is 1.36 bits per heavy atom. The average Bonchev–Trinajstić information content (AvgIpc) is 2.97. The molecule has 2 heterocycles. The van der Waals surface area contributed by atoms with Crippen molar-refractivity contribution in [2.24, 2.45) is 5.73 Å². The maximum Gasteiger partial charge on any atom is 0.247 e. The lowest BCUT2D eigenvalue weighted by Crippen LogP contribution is -2.51. The van der Waals surface area contributed by atoms with E-state index in [9.17, 15) is 9.18 Å². The molecule has 3 rings (SSSR count). The van der Waals surface area contributed by atoms with Crippen LogP contribution in [-0.4, -0.2) is 46.8 Å². The van der Waals surface area contributed by atoms with E-state index in [0.717, 1.165) is 0 Å². The summed E-state index contributed by atoms with van der Waals surface area (Å²) in [6, 6.07) is 5.27. The van der Waals surface area contributed by atoms with Gasteiger partial charge in [-0.2, -0.15) is 0 Å². The second kappa shape index (κ2) is 6.20. The minimum Gasteiger partial charge on any atom is -0.419 e. The van der Waals surface area contributed by atoms with Crippen LogP contribution in [0.1, 0.15) is 5.89 Å². The van der Waals surface area contributed by atoms with Crippen molar-refractivity contribution in [2.45, 2.75) is 12.6 Å². The molecule has 2 aromatic rings. The Hall–Kier alpha value is -2.32. The van der Waals surface area contributed by atoms with Gasteiger partial charge in [0, 0.05) is 12.1 Å². The predicted molar refractivity (Wildman–Crippen MR) is 73.9 cm³/mol. The van der Waals surface area contributed by atoms with E-state index in [-0.39, 0.29) is 12.4 Å². The van der Waals surface area contributed by atoms with Gasteiger partial charge >= 0.3 is 0 Å².